The number of Topliss-reactive ketones (excluding diaryl/α,β-unsaturated/α-hetero) is 1. The van der Waals surface area contributed by atoms with E-state index in [1.807, 2.05) is 22.6 Å². The molecule has 0 bridgehead atoms. The van der Waals surface area contributed by atoms with Crippen LogP contribution in [0.5, 0.6) is 0 Å². The van der Waals surface area contributed by atoms with E-state index in [4.69, 9.17) is 4.74 Å². The Bertz CT molecular complexity index is 757. The maximum absolute atomic E-state index is 14.0. The summed E-state index contributed by atoms with van der Waals surface area (Å²) in [4.78, 5) is 24.1. The molecular weight excluding hydrogens is 420 g/mol. The van der Waals surface area contributed by atoms with E-state index in [0.717, 1.165) is 14.9 Å². The van der Waals surface area contributed by atoms with Gasteiger partial charge in [0, 0.05) is 3.57 Å². The zero-order chi connectivity index (χ0) is 16.4. The van der Waals surface area contributed by atoms with Crippen molar-refractivity contribution in [1.82, 2.24) is 0 Å². The van der Waals surface area contributed by atoms with E-state index in [2.05, 4.69) is 5.32 Å². The summed E-state index contributed by atoms with van der Waals surface area (Å²) < 4.78 is 19.5. The summed E-state index contributed by atoms with van der Waals surface area (Å²) in [5.74, 6) is -1.14. The third-order valence-electron chi connectivity index (χ3n) is 3.04. The Balaban J connectivity index is 2.52. The second-order valence-electron chi connectivity index (χ2n) is 4.56. The van der Waals surface area contributed by atoms with Gasteiger partial charge >= 0.3 is 5.97 Å². The second-order valence-corrected chi connectivity index (χ2v) is 6.82. The molecule has 0 saturated heterocycles. The first-order valence-corrected chi connectivity index (χ1v) is 8.19. The summed E-state index contributed by atoms with van der Waals surface area (Å²) in [5.41, 5.74) is 1.04. The minimum absolute atomic E-state index is 0.149. The van der Waals surface area contributed by atoms with E-state index in [-0.39, 0.29) is 17.0 Å². The van der Waals surface area contributed by atoms with Crippen molar-refractivity contribution in [2.45, 2.75) is 13.8 Å². The van der Waals surface area contributed by atoms with E-state index in [0.29, 0.717) is 15.4 Å². The number of carbonyl (C=O) groups is 2. The highest BCUT2D eigenvalue weighted by Gasteiger charge is 2.24. The SMILES string of the molecule is COC(=O)c1c(Nc2ccc(I)cc2F)sc(C(C)=O)c1C. The van der Waals surface area contributed by atoms with Gasteiger partial charge in [0.1, 0.15) is 10.8 Å². The van der Waals surface area contributed by atoms with Crippen molar-refractivity contribution in [1.29, 1.82) is 0 Å². The number of anilines is 2. The summed E-state index contributed by atoms with van der Waals surface area (Å²) in [5, 5.41) is 3.28. The molecule has 0 saturated carbocycles. The van der Waals surface area contributed by atoms with Crippen LogP contribution in [0.1, 0.15) is 32.5 Å². The van der Waals surface area contributed by atoms with Gasteiger partial charge in [0.2, 0.25) is 0 Å². The molecule has 7 heteroatoms. The first-order valence-electron chi connectivity index (χ1n) is 6.29. The van der Waals surface area contributed by atoms with E-state index in [9.17, 15) is 14.0 Å². The fourth-order valence-corrected chi connectivity index (χ4v) is 3.55. The van der Waals surface area contributed by atoms with Crippen molar-refractivity contribution in [2.75, 3.05) is 12.4 Å². The van der Waals surface area contributed by atoms with Crippen LogP contribution >= 0.6 is 33.9 Å². The standard InChI is InChI=1S/C15H13FINO3S/c1-7-12(15(20)21-3)14(22-13(7)8(2)19)18-11-5-4-9(17)6-10(11)16/h4-6,18H,1-3H3. The number of esters is 1. The molecule has 0 spiro atoms. The predicted molar refractivity (Wildman–Crippen MR) is 92.8 cm³/mol. The molecule has 0 aliphatic rings. The van der Waals surface area contributed by atoms with Crippen LogP contribution in [0, 0.1) is 16.3 Å². The quantitative estimate of drug-likeness (QED) is 0.437. The lowest BCUT2D eigenvalue weighted by Crippen LogP contribution is -2.06. The maximum atomic E-state index is 14.0. The minimum Gasteiger partial charge on any atom is -0.465 e. The molecule has 0 aliphatic carbocycles. The molecule has 0 radical (unpaired) electrons. The first kappa shape index (κ1) is 16.9. The third-order valence-corrected chi connectivity index (χ3v) is 5.01. The molecule has 0 fully saturated rings. The van der Waals surface area contributed by atoms with Crippen molar-refractivity contribution < 1.29 is 18.7 Å². The number of ketones is 1. The van der Waals surface area contributed by atoms with Crippen LogP contribution in [-0.2, 0) is 4.74 Å². The molecule has 0 amide bonds. The normalized spacial score (nSPS) is 10.4. The van der Waals surface area contributed by atoms with Gasteiger partial charge in [-0.3, -0.25) is 4.79 Å². The van der Waals surface area contributed by atoms with Gasteiger partial charge in [-0.2, -0.15) is 0 Å². The Morgan fingerprint density at radius 3 is 2.59 bits per heavy atom. The largest absolute Gasteiger partial charge is 0.465 e. The van der Waals surface area contributed by atoms with Crippen LogP contribution in [0.4, 0.5) is 15.1 Å². The van der Waals surface area contributed by atoms with Crippen molar-refractivity contribution in [2.24, 2.45) is 0 Å². The predicted octanol–water partition coefficient (Wildman–Crippen LogP) is 4.53. The summed E-state index contributed by atoms with van der Waals surface area (Å²) in [6.45, 7) is 3.10. The van der Waals surface area contributed by atoms with Gasteiger partial charge in [-0.15, -0.1) is 11.3 Å². The third kappa shape index (κ3) is 3.30. The molecule has 0 atom stereocenters. The molecule has 22 heavy (non-hydrogen) atoms. The number of nitrogens with one attached hydrogen (secondary N) is 1. The van der Waals surface area contributed by atoms with Crippen LogP contribution in [0.3, 0.4) is 0 Å². The minimum atomic E-state index is -0.560. The van der Waals surface area contributed by atoms with E-state index < -0.39 is 11.8 Å². The van der Waals surface area contributed by atoms with Crippen molar-refractivity contribution in [3.8, 4) is 0 Å². The fourth-order valence-electron chi connectivity index (χ4n) is 2.00. The highest BCUT2D eigenvalue weighted by molar-refractivity contribution is 14.1. The number of halogens is 2. The van der Waals surface area contributed by atoms with Gasteiger partial charge in [-0.25, -0.2) is 9.18 Å². The van der Waals surface area contributed by atoms with Gasteiger partial charge in [-0.05, 0) is 60.2 Å². The smallest absolute Gasteiger partial charge is 0.341 e. The van der Waals surface area contributed by atoms with E-state index in [1.165, 1.54) is 20.1 Å². The number of hydrogen-bond donors (Lipinski definition) is 1. The number of carbonyl (C=O) groups excluding carboxylic acids is 2. The molecule has 2 rings (SSSR count). The molecule has 1 heterocycles. The maximum Gasteiger partial charge on any atom is 0.341 e. The van der Waals surface area contributed by atoms with Crippen molar-refractivity contribution in [3.05, 3.63) is 43.6 Å². The average molecular weight is 433 g/mol. The molecule has 116 valence electrons. The zero-order valence-corrected chi connectivity index (χ0v) is 15.1. The lowest BCUT2D eigenvalue weighted by molar-refractivity contribution is 0.0601. The number of hydrogen-bond acceptors (Lipinski definition) is 5. The number of thiophene rings is 1. The number of benzene rings is 1. The zero-order valence-electron chi connectivity index (χ0n) is 12.1. The first-order chi connectivity index (χ1) is 10.3. The lowest BCUT2D eigenvalue weighted by atomic mass is 10.1. The van der Waals surface area contributed by atoms with Gasteiger partial charge in [0.25, 0.3) is 0 Å². The van der Waals surface area contributed by atoms with Gasteiger partial charge in [0.15, 0.2) is 5.78 Å². The summed E-state index contributed by atoms with van der Waals surface area (Å²) in [6.07, 6.45) is 0. The van der Waals surface area contributed by atoms with Gasteiger partial charge < -0.3 is 10.1 Å². The van der Waals surface area contributed by atoms with Crippen molar-refractivity contribution >= 4 is 56.4 Å². The van der Waals surface area contributed by atoms with Crippen LogP contribution in [0.15, 0.2) is 18.2 Å². The molecule has 1 aromatic heterocycles. The highest BCUT2D eigenvalue weighted by atomic mass is 127. The van der Waals surface area contributed by atoms with Gasteiger partial charge in [-0.1, -0.05) is 0 Å². The topological polar surface area (TPSA) is 55.4 Å². The van der Waals surface area contributed by atoms with Crippen LogP contribution in [0.25, 0.3) is 0 Å². The number of methoxy groups -OCH3 is 1. The van der Waals surface area contributed by atoms with E-state index >= 15 is 0 Å². The summed E-state index contributed by atoms with van der Waals surface area (Å²) in [7, 11) is 1.27. The Hall–Kier alpha value is -1.48. The van der Waals surface area contributed by atoms with Crippen LogP contribution < -0.4 is 5.32 Å². The summed E-state index contributed by atoms with van der Waals surface area (Å²) >= 11 is 3.13. The molecule has 4 nitrogen and oxygen atoms in total. The average Bonchev–Trinajstić information content (AvgIpc) is 2.78. The fraction of sp³-hybridized carbons (Fsp3) is 0.200. The Morgan fingerprint density at radius 1 is 1.36 bits per heavy atom. The van der Waals surface area contributed by atoms with Crippen LogP contribution in [-0.4, -0.2) is 18.9 Å². The Morgan fingerprint density at radius 2 is 2.05 bits per heavy atom. The molecule has 1 N–H and O–H groups in total. The molecule has 2 aromatic rings. The Kier molecular flexibility index (Phi) is 5.17. The molecule has 1 aromatic carbocycles. The molecule has 0 unspecified atom stereocenters. The lowest BCUT2D eigenvalue weighted by Gasteiger charge is -2.08. The summed E-state index contributed by atoms with van der Waals surface area (Å²) in [6, 6.07) is 4.71. The molecule has 0 aliphatic heterocycles. The number of rotatable bonds is 4. The monoisotopic (exact) mass is 433 g/mol. The van der Waals surface area contributed by atoms with Crippen molar-refractivity contribution in [3.63, 3.8) is 0 Å². The van der Waals surface area contributed by atoms with E-state index in [1.54, 1.807) is 19.1 Å². The number of ether oxygens (including phenoxy) is 1. The van der Waals surface area contributed by atoms with Gasteiger partial charge in [0.05, 0.1) is 23.2 Å². The second kappa shape index (κ2) is 6.74. The Labute approximate surface area is 144 Å². The highest BCUT2D eigenvalue weighted by Crippen LogP contribution is 2.36. The van der Waals surface area contributed by atoms with Crippen LogP contribution in [0.2, 0.25) is 0 Å². The molecular formula is C15H13FINO3S.